The first-order valence-electron chi connectivity index (χ1n) is 13.4. The van der Waals surface area contributed by atoms with E-state index in [1.54, 1.807) is 27.2 Å². The zero-order valence-corrected chi connectivity index (χ0v) is 24.0. The van der Waals surface area contributed by atoms with Crippen LogP contribution in [0.4, 0.5) is 4.39 Å². The van der Waals surface area contributed by atoms with E-state index in [0.29, 0.717) is 11.1 Å². The van der Waals surface area contributed by atoms with Gasteiger partial charge >= 0.3 is 0 Å². The minimum atomic E-state index is -0.333. The minimum Gasteiger partial charge on any atom is -0.345 e. The molecule has 2 aliphatic rings. The summed E-state index contributed by atoms with van der Waals surface area (Å²) in [7, 11) is 5.10. The normalized spacial score (nSPS) is 20.0. The van der Waals surface area contributed by atoms with E-state index in [1.807, 2.05) is 26.1 Å². The lowest BCUT2D eigenvalue weighted by Gasteiger charge is -2.33. The standard InChI is InChI=1S/C31H39FN6O/c1-19(17-26-21(3)34-13-10-25(26)28-8-9-29(33-5)36-35-28)22(4)38-14-11-23(12-15-38)30-20(2)16-24(18-27(30)32)31(39)37(6)7/h8-11,13,16-18,22,28,35H,12,14-15H2,1-7H3,(H,33,36)/b19-17+. The second kappa shape index (κ2) is 12.1. The highest BCUT2D eigenvalue weighted by atomic mass is 19.1. The molecular weight excluding hydrogens is 491 g/mol. The van der Waals surface area contributed by atoms with Crippen LogP contribution in [0.2, 0.25) is 0 Å². The largest absolute Gasteiger partial charge is 0.345 e. The van der Waals surface area contributed by atoms with E-state index in [9.17, 15) is 4.79 Å². The number of hydrogen-bond donors (Lipinski definition) is 2. The number of hydrogen-bond acceptors (Lipinski definition) is 5. The third kappa shape index (κ3) is 6.18. The predicted molar refractivity (Wildman–Crippen MR) is 157 cm³/mol. The van der Waals surface area contributed by atoms with Crippen LogP contribution < -0.4 is 10.9 Å². The molecule has 8 heteroatoms. The van der Waals surface area contributed by atoms with E-state index in [1.165, 1.54) is 16.5 Å². The van der Waals surface area contributed by atoms with Gasteiger partial charge in [0.15, 0.2) is 0 Å². The molecule has 2 N–H and O–H groups in total. The summed E-state index contributed by atoms with van der Waals surface area (Å²) in [6, 6.07) is 5.42. The fraction of sp³-hybridized carbons (Fsp3) is 0.387. The number of rotatable bonds is 6. The number of nitrogens with one attached hydrogen (secondary N) is 2. The van der Waals surface area contributed by atoms with Crippen LogP contribution in [0.15, 0.2) is 53.2 Å². The lowest BCUT2D eigenvalue weighted by atomic mass is 9.92. The lowest BCUT2D eigenvalue weighted by molar-refractivity contribution is 0.0827. The highest BCUT2D eigenvalue weighted by Gasteiger charge is 2.24. The fourth-order valence-corrected chi connectivity index (χ4v) is 5.23. The maximum absolute atomic E-state index is 15.2. The first kappa shape index (κ1) is 28.4. The van der Waals surface area contributed by atoms with E-state index < -0.39 is 0 Å². The van der Waals surface area contributed by atoms with Crippen molar-refractivity contribution in [3.8, 4) is 0 Å². The second-order valence-corrected chi connectivity index (χ2v) is 10.5. The lowest BCUT2D eigenvalue weighted by Crippen LogP contribution is -2.42. The maximum atomic E-state index is 15.2. The van der Waals surface area contributed by atoms with E-state index in [2.05, 4.69) is 63.9 Å². The number of pyridine rings is 1. The van der Waals surface area contributed by atoms with Gasteiger partial charge in [-0.05, 0) is 75.1 Å². The molecular formula is C31H39FN6O. The number of amides is 1. The quantitative estimate of drug-likeness (QED) is 0.559. The summed E-state index contributed by atoms with van der Waals surface area (Å²) >= 11 is 0. The summed E-state index contributed by atoms with van der Waals surface area (Å²) in [5.74, 6) is 0.270. The first-order chi connectivity index (χ1) is 18.6. The van der Waals surface area contributed by atoms with Gasteiger partial charge in [-0.2, -0.15) is 0 Å². The monoisotopic (exact) mass is 530 g/mol. The van der Waals surface area contributed by atoms with Crippen molar-refractivity contribution in [1.82, 2.24) is 25.6 Å². The molecule has 0 aliphatic carbocycles. The van der Waals surface area contributed by atoms with Crippen LogP contribution in [0, 0.1) is 19.7 Å². The molecule has 1 amide bonds. The van der Waals surface area contributed by atoms with Gasteiger partial charge in [0.2, 0.25) is 0 Å². The number of aryl methyl sites for hydroxylation is 2. The third-order valence-electron chi connectivity index (χ3n) is 7.68. The number of carbonyl (C=O) groups excluding carboxylic acids is 1. The van der Waals surface area contributed by atoms with E-state index >= 15 is 4.39 Å². The summed E-state index contributed by atoms with van der Waals surface area (Å²) in [6.07, 6.45) is 11.0. The summed E-state index contributed by atoms with van der Waals surface area (Å²) in [5.41, 5.74) is 13.7. The molecule has 2 aromatic rings. The molecule has 7 nitrogen and oxygen atoms in total. The minimum absolute atomic E-state index is 0.00424. The van der Waals surface area contributed by atoms with Crippen molar-refractivity contribution < 1.29 is 9.18 Å². The Morgan fingerprint density at radius 3 is 2.67 bits per heavy atom. The zero-order chi connectivity index (χ0) is 28.3. The van der Waals surface area contributed by atoms with Gasteiger partial charge < -0.3 is 10.3 Å². The van der Waals surface area contributed by atoms with Gasteiger partial charge in [-0.3, -0.25) is 19.7 Å². The van der Waals surface area contributed by atoms with Crippen molar-refractivity contribution in [2.45, 2.75) is 46.2 Å². The van der Waals surface area contributed by atoms with Gasteiger partial charge in [0.05, 0.1) is 6.04 Å². The Morgan fingerprint density at radius 1 is 1.31 bits per heavy atom. The van der Waals surface area contributed by atoms with E-state index in [-0.39, 0.29) is 23.8 Å². The topological polar surface area (TPSA) is 72.9 Å². The number of nitrogens with zero attached hydrogens (tertiary/aromatic N) is 4. The van der Waals surface area contributed by atoms with Crippen LogP contribution in [0.1, 0.15) is 64.6 Å². The van der Waals surface area contributed by atoms with Crippen molar-refractivity contribution >= 4 is 23.4 Å². The molecule has 0 spiro atoms. The van der Waals surface area contributed by atoms with Gasteiger partial charge in [-0.25, -0.2) is 9.82 Å². The second-order valence-electron chi connectivity index (χ2n) is 10.5. The number of aliphatic imine (C=N–C) groups is 1. The molecule has 0 fully saturated rings. The van der Waals surface area contributed by atoms with Crippen molar-refractivity contribution in [3.63, 3.8) is 0 Å². The van der Waals surface area contributed by atoms with Crippen molar-refractivity contribution in [1.29, 1.82) is 0 Å². The average Bonchev–Trinajstić information content (AvgIpc) is 2.93. The van der Waals surface area contributed by atoms with Gasteiger partial charge in [0.1, 0.15) is 11.7 Å². The molecule has 206 valence electrons. The van der Waals surface area contributed by atoms with Gasteiger partial charge in [0.25, 0.3) is 5.91 Å². The van der Waals surface area contributed by atoms with Crippen LogP contribution in [-0.2, 0) is 0 Å². The van der Waals surface area contributed by atoms with Crippen LogP contribution in [-0.4, -0.2) is 66.8 Å². The highest BCUT2D eigenvalue weighted by molar-refractivity contribution is 5.95. The van der Waals surface area contributed by atoms with Crippen LogP contribution in [0.25, 0.3) is 11.6 Å². The van der Waals surface area contributed by atoms with Crippen molar-refractivity contribution in [3.05, 3.63) is 87.5 Å². The Kier molecular flexibility index (Phi) is 8.77. The van der Waals surface area contributed by atoms with Gasteiger partial charge in [-0.1, -0.05) is 23.8 Å². The molecule has 0 saturated carbocycles. The summed E-state index contributed by atoms with van der Waals surface area (Å²) < 4.78 is 15.2. The first-order valence-corrected chi connectivity index (χ1v) is 13.4. The predicted octanol–water partition coefficient (Wildman–Crippen LogP) is 4.85. The van der Waals surface area contributed by atoms with Crippen molar-refractivity contribution in [2.24, 2.45) is 4.99 Å². The molecule has 0 radical (unpaired) electrons. The van der Waals surface area contributed by atoms with Crippen molar-refractivity contribution in [2.75, 3.05) is 34.2 Å². The Bertz CT molecular complexity index is 1350. The smallest absolute Gasteiger partial charge is 0.253 e. The summed E-state index contributed by atoms with van der Waals surface area (Å²) in [4.78, 5) is 24.9. The van der Waals surface area contributed by atoms with Gasteiger partial charge in [-0.15, -0.1) is 0 Å². The Balaban J connectivity index is 1.53. The molecule has 2 aliphatic heterocycles. The molecule has 2 unspecified atom stereocenters. The number of benzene rings is 1. The fourth-order valence-electron chi connectivity index (χ4n) is 5.23. The molecule has 1 aromatic carbocycles. The number of hydrazine groups is 1. The SMILES string of the molecule is CN=C1C=CC(c2ccnc(C)c2/C=C(\C)C(C)N2CC=C(c3c(C)cc(C(=O)N(C)C)cc3F)CC2)NN1. The summed E-state index contributed by atoms with van der Waals surface area (Å²) in [5, 5.41) is 0. The Morgan fingerprint density at radius 2 is 2.08 bits per heavy atom. The average molecular weight is 531 g/mol. The zero-order valence-electron chi connectivity index (χ0n) is 24.0. The third-order valence-corrected chi connectivity index (χ3v) is 7.68. The number of carbonyl (C=O) groups is 1. The van der Waals surface area contributed by atoms with Crippen LogP contribution >= 0.6 is 0 Å². The molecule has 39 heavy (non-hydrogen) atoms. The summed E-state index contributed by atoms with van der Waals surface area (Å²) in [6.45, 7) is 9.85. The molecule has 0 saturated heterocycles. The molecule has 3 heterocycles. The van der Waals surface area contributed by atoms with Crippen LogP contribution in [0.5, 0.6) is 0 Å². The Hall–Kier alpha value is -3.62. The van der Waals surface area contributed by atoms with Crippen LogP contribution in [0.3, 0.4) is 0 Å². The number of aromatic nitrogens is 1. The number of halogens is 1. The van der Waals surface area contributed by atoms with E-state index in [4.69, 9.17) is 0 Å². The molecule has 1 aromatic heterocycles. The highest BCUT2D eigenvalue weighted by Crippen LogP contribution is 2.31. The molecule has 4 rings (SSSR count). The van der Waals surface area contributed by atoms with E-state index in [0.717, 1.165) is 53.3 Å². The number of amidine groups is 1. The molecule has 2 atom stereocenters. The van der Waals surface area contributed by atoms with Gasteiger partial charge in [0, 0.05) is 68.9 Å². The molecule has 0 bridgehead atoms. The Labute approximate surface area is 231 Å². The maximum Gasteiger partial charge on any atom is 0.253 e.